The van der Waals surface area contributed by atoms with Crippen molar-refractivity contribution in [3.8, 4) is 33.6 Å². The van der Waals surface area contributed by atoms with Gasteiger partial charge in [-0.3, -0.25) is 0 Å². The highest BCUT2D eigenvalue weighted by Gasteiger charge is 2.23. The number of hydrogen-bond acceptors (Lipinski definition) is 2. The number of benzene rings is 3. The smallest absolute Gasteiger partial charge is 0.142 e. The molecule has 2 heteroatoms. The number of furan rings is 1. The highest BCUT2D eigenvalue weighted by atomic mass is 16.5. The van der Waals surface area contributed by atoms with Crippen LogP contribution in [-0.4, -0.2) is 7.11 Å². The fraction of sp³-hybridized carbons (Fsp3) is 0.0833. The summed E-state index contributed by atoms with van der Waals surface area (Å²) in [5, 5.41) is 0. The molecule has 0 bridgehead atoms. The quantitative estimate of drug-likeness (QED) is 0.418. The third kappa shape index (κ3) is 3.07. The fourth-order valence-electron chi connectivity index (χ4n) is 3.29. The molecule has 4 rings (SSSR count). The highest BCUT2D eigenvalue weighted by molar-refractivity contribution is 5.93. The van der Waals surface area contributed by atoms with Crippen molar-refractivity contribution >= 4 is 0 Å². The summed E-state index contributed by atoms with van der Waals surface area (Å²) in [7, 11) is 1.70. The van der Waals surface area contributed by atoms with Crippen molar-refractivity contribution in [2.24, 2.45) is 0 Å². The standard InChI is InChI=1S/C24H20O2/c1-25-17-21-22(18-11-5-2-6-12-18)23(19-13-7-3-8-14-19)24(26-21)20-15-9-4-10-16-20/h2-16H,17H2,1H3. The zero-order chi connectivity index (χ0) is 17.8. The largest absolute Gasteiger partial charge is 0.457 e. The molecule has 0 N–H and O–H groups in total. The summed E-state index contributed by atoms with van der Waals surface area (Å²) in [4.78, 5) is 0. The Kier molecular flexibility index (Phi) is 4.67. The Morgan fingerprint density at radius 2 is 1.08 bits per heavy atom. The van der Waals surface area contributed by atoms with Gasteiger partial charge in [0.2, 0.25) is 0 Å². The van der Waals surface area contributed by atoms with Crippen LogP contribution in [0, 0.1) is 0 Å². The first-order valence-electron chi connectivity index (χ1n) is 8.69. The van der Waals surface area contributed by atoms with E-state index in [-0.39, 0.29) is 0 Å². The van der Waals surface area contributed by atoms with Gasteiger partial charge in [-0.15, -0.1) is 0 Å². The van der Waals surface area contributed by atoms with Crippen molar-refractivity contribution in [2.75, 3.05) is 7.11 Å². The average Bonchev–Trinajstić information content (AvgIpc) is 3.09. The van der Waals surface area contributed by atoms with Crippen molar-refractivity contribution < 1.29 is 9.15 Å². The Balaban J connectivity index is 2.04. The van der Waals surface area contributed by atoms with Gasteiger partial charge < -0.3 is 9.15 Å². The molecule has 0 atom stereocenters. The van der Waals surface area contributed by atoms with Gasteiger partial charge in [0.05, 0.1) is 0 Å². The molecule has 0 aliphatic rings. The van der Waals surface area contributed by atoms with E-state index in [2.05, 4.69) is 60.7 Å². The maximum Gasteiger partial charge on any atom is 0.142 e. The predicted molar refractivity (Wildman–Crippen MR) is 106 cm³/mol. The molecular weight excluding hydrogens is 320 g/mol. The molecule has 4 aromatic rings. The first-order valence-corrected chi connectivity index (χ1v) is 8.69. The molecule has 1 heterocycles. The van der Waals surface area contributed by atoms with Gasteiger partial charge in [0, 0.05) is 23.8 Å². The van der Waals surface area contributed by atoms with Crippen LogP contribution < -0.4 is 0 Å². The van der Waals surface area contributed by atoms with E-state index in [4.69, 9.17) is 9.15 Å². The summed E-state index contributed by atoms with van der Waals surface area (Å²) >= 11 is 0. The van der Waals surface area contributed by atoms with E-state index in [0.717, 1.165) is 39.3 Å². The maximum atomic E-state index is 6.36. The van der Waals surface area contributed by atoms with Crippen LogP contribution in [0.4, 0.5) is 0 Å². The van der Waals surface area contributed by atoms with Gasteiger partial charge in [-0.2, -0.15) is 0 Å². The van der Waals surface area contributed by atoms with Gasteiger partial charge in [-0.25, -0.2) is 0 Å². The molecular formula is C24H20O2. The van der Waals surface area contributed by atoms with Gasteiger partial charge in [0.15, 0.2) is 0 Å². The lowest BCUT2D eigenvalue weighted by Crippen LogP contribution is -1.89. The molecule has 26 heavy (non-hydrogen) atoms. The van der Waals surface area contributed by atoms with Gasteiger partial charge in [-0.1, -0.05) is 91.0 Å². The van der Waals surface area contributed by atoms with Crippen molar-refractivity contribution in [3.63, 3.8) is 0 Å². The Bertz CT molecular complexity index is 971. The minimum absolute atomic E-state index is 0.427. The van der Waals surface area contributed by atoms with Gasteiger partial charge in [0.25, 0.3) is 0 Å². The van der Waals surface area contributed by atoms with E-state index in [1.807, 2.05) is 30.3 Å². The lowest BCUT2D eigenvalue weighted by atomic mass is 9.93. The molecule has 0 fully saturated rings. The Morgan fingerprint density at radius 3 is 1.58 bits per heavy atom. The summed E-state index contributed by atoms with van der Waals surface area (Å²) < 4.78 is 11.8. The first-order chi connectivity index (χ1) is 12.9. The summed E-state index contributed by atoms with van der Waals surface area (Å²) in [5.74, 6) is 1.72. The summed E-state index contributed by atoms with van der Waals surface area (Å²) in [6.07, 6.45) is 0. The van der Waals surface area contributed by atoms with E-state index in [1.54, 1.807) is 7.11 Å². The lowest BCUT2D eigenvalue weighted by Gasteiger charge is -2.08. The van der Waals surface area contributed by atoms with E-state index in [0.29, 0.717) is 6.61 Å². The Hall–Kier alpha value is -3.10. The van der Waals surface area contributed by atoms with Crippen molar-refractivity contribution in [1.82, 2.24) is 0 Å². The van der Waals surface area contributed by atoms with Crippen LogP contribution in [0.5, 0.6) is 0 Å². The summed E-state index contributed by atoms with van der Waals surface area (Å²) in [6, 6.07) is 31.0. The van der Waals surface area contributed by atoms with E-state index in [9.17, 15) is 0 Å². The van der Waals surface area contributed by atoms with Gasteiger partial charge in [-0.05, 0) is 11.1 Å². The monoisotopic (exact) mass is 340 g/mol. The minimum Gasteiger partial charge on any atom is -0.457 e. The van der Waals surface area contributed by atoms with Crippen LogP contribution in [0.2, 0.25) is 0 Å². The molecule has 3 aromatic carbocycles. The molecule has 0 unspecified atom stereocenters. The minimum atomic E-state index is 0.427. The molecule has 2 nitrogen and oxygen atoms in total. The Labute approximate surface area is 153 Å². The third-order valence-corrected chi connectivity index (χ3v) is 4.42. The molecule has 1 aromatic heterocycles. The van der Waals surface area contributed by atoms with Crippen molar-refractivity contribution in [1.29, 1.82) is 0 Å². The van der Waals surface area contributed by atoms with E-state index in [1.165, 1.54) is 0 Å². The van der Waals surface area contributed by atoms with E-state index < -0.39 is 0 Å². The van der Waals surface area contributed by atoms with Crippen LogP contribution in [-0.2, 0) is 11.3 Å². The zero-order valence-electron chi connectivity index (χ0n) is 14.7. The average molecular weight is 340 g/mol. The molecule has 0 amide bonds. The SMILES string of the molecule is COCc1oc(-c2ccccc2)c(-c2ccccc2)c1-c1ccccc1. The van der Waals surface area contributed by atoms with Crippen LogP contribution in [0.1, 0.15) is 5.76 Å². The van der Waals surface area contributed by atoms with Gasteiger partial charge >= 0.3 is 0 Å². The normalized spacial score (nSPS) is 10.8. The number of methoxy groups -OCH3 is 1. The van der Waals surface area contributed by atoms with Crippen molar-refractivity contribution in [3.05, 3.63) is 96.8 Å². The summed E-state index contributed by atoms with van der Waals surface area (Å²) in [5.41, 5.74) is 5.53. The molecule has 0 aliphatic heterocycles. The van der Waals surface area contributed by atoms with E-state index >= 15 is 0 Å². The van der Waals surface area contributed by atoms with Crippen LogP contribution >= 0.6 is 0 Å². The molecule has 0 radical (unpaired) electrons. The predicted octanol–water partition coefficient (Wildman–Crippen LogP) is 6.43. The summed E-state index contributed by atoms with van der Waals surface area (Å²) in [6.45, 7) is 0.427. The number of rotatable bonds is 5. The molecule has 0 saturated carbocycles. The third-order valence-electron chi connectivity index (χ3n) is 4.42. The second-order valence-electron chi connectivity index (χ2n) is 6.14. The highest BCUT2D eigenvalue weighted by Crippen LogP contribution is 2.44. The number of ether oxygens (including phenoxy) is 1. The van der Waals surface area contributed by atoms with Crippen LogP contribution in [0.3, 0.4) is 0 Å². The second-order valence-corrected chi connectivity index (χ2v) is 6.14. The fourth-order valence-corrected chi connectivity index (χ4v) is 3.29. The maximum absolute atomic E-state index is 6.36. The molecule has 128 valence electrons. The lowest BCUT2D eigenvalue weighted by molar-refractivity contribution is 0.165. The molecule has 0 spiro atoms. The molecule has 0 saturated heterocycles. The first kappa shape index (κ1) is 16.4. The van der Waals surface area contributed by atoms with Crippen LogP contribution in [0.25, 0.3) is 33.6 Å². The van der Waals surface area contributed by atoms with Crippen LogP contribution in [0.15, 0.2) is 95.4 Å². The Morgan fingerprint density at radius 1 is 0.615 bits per heavy atom. The van der Waals surface area contributed by atoms with Crippen molar-refractivity contribution in [2.45, 2.75) is 6.61 Å². The zero-order valence-corrected chi connectivity index (χ0v) is 14.7. The number of hydrogen-bond donors (Lipinski definition) is 0. The second kappa shape index (κ2) is 7.42. The molecule has 0 aliphatic carbocycles. The topological polar surface area (TPSA) is 22.4 Å². The van der Waals surface area contributed by atoms with Gasteiger partial charge in [0.1, 0.15) is 18.1 Å².